The highest BCUT2D eigenvalue weighted by atomic mass is 16.2. The maximum atomic E-state index is 9.47. The van der Waals surface area contributed by atoms with Gasteiger partial charge in [0.2, 0.25) is 23.8 Å². The predicted octanol–water partition coefficient (Wildman–Crippen LogP) is -2.34. The van der Waals surface area contributed by atoms with Gasteiger partial charge < -0.3 is 22.9 Å². The van der Waals surface area contributed by atoms with Gasteiger partial charge in [0.25, 0.3) is 0 Å². The van der Waals surface area contributed by atoms with Gasteiger partial charge in [-0.3, -0.25) is 14.4 Å². The number of carbonyl (C=O) groups excluding carboxylic acids is 3. The van der Waals surface area contributed by atoms with E-state index in [9.17, 15) is 4.79 Å². The summed E-state index contributed by atoms with van der Waals surface area (Å²) in [7, 11) is 0. The normalized spacial score (nSPS) is 7.56. The summed E-state index contributed by atoms with van der Waals surface area (Å²) in [4.78, 5) is 37.5. The second kappa shape index (κ2) is 10.5. The molecule has 8 N–H and O–H groups in total. The van der Waals surface area contributed by atoms with Crippen LogP contribution in [0, 0.1) is 0 Å². The average Bonchev–Trinajstić information content (AvgIpc) is 2.28. The highest BCUT2D eigenvalue weighted by Gasteiger charge is 1.93. The number of carbonyl (C=O) groups is 3. The molecule has 1 aromatic rings. The van der Waals surface area contributed by atoms with Gasteiger partial charge in [-0.05, 0) is 6.08 Å². The van der Waals surface area contributed by atoms with Crippen LogP contribution in [0.25, 0.3) is 0 Å². The van der Waals surface area contributed by atoms with Crippen LogP contribution < -0.4 is 22.9 Å². The van der Waals surface area contributed by atoms with Crippen LogP contribution in [-0.4, -0.2) is 33.4 Å². The Morgan fingerprint density at radius 3 is 1.28 bits per heavy atom. The smallest absolute Gasteiger partial charge is 0.240 e. The minimum atomic E-state index is -0.481. The van der Waals surface area contributed by atoms with Crippen LogP contribution in [0.2, 0.25) is 0 Å². The molecule has 1 rings (SSSR count). The van der Waals surface area contributed by atoms with Crippen molar-refractivity contribution >= 4 is 36.3 Å². The van der Waals surface area contributed by atoms with Gasteiger partial charge in [-0.1, -0.05) is 6.58 Å². The minimum absolute atomic E-state index is 0.0417. The van der Waals surface area contributed by atoms with E-state index in [1.165, 1.54) is 0 Å². The summed E-state index contributed by atoms with van der Waals surface area (Å²) in [5.41, 5.74) is 19.9. The molecule has 0 spiro atoms. The Kier molecular flexibility index (Phi) is 10.1. The molecule has 0 saturated carbocycles. The molecule has 10 heteroatoms. The Balaban J connectivity index is 0. The van der Waals surface area contributed by atoms with Gasteiger partial charge in [0.05, 0.1) is 0 Å². The molecule has 0 bridgehead atoms. The van der Waals surface area contributed by atoms with Crippen molar-refractivity contribution in [2.45, 2.75) is 0 Å². The number of aldehydes is 2. The van der Waals surface area contributed by atoms with E-state index in [-0.39, 0.29) is 30.4 Å². The van der Waals surface area contributed by atoms with Gasteiger partial charge >= 0.3 is 0 Å². The summed E-state index contributed by atoms with van der Waals surface area (Å²) in [5.74, 6) is -0.356. The molecule has 1 amide bonds. The third-order valence-corrected chi connectivity index (χ3v) is 0.944. The van der Waals surface area contributed by atoms with E-state index in [0.29, 0.717) is 0 Å². The lowest BCUT2D eigenvalue weighted by molar-refractivity contribution is -0.122. The van der Waals surface area contributed by atoms with E-state index in [1.54, 1.807) is 0 Å². The molecule has 10 nitrogen and oxygen atoms in total. The second-order valence-electron chi connectivity index (χ2n) is 2.29. The van der Waals surface area contributed by atoms with Gasteiger partial charge in [0, 0.05) is 0 Å². The number of rotatable bonds is 2. The van der Waals surface area contributed by atoms with Crippen LogP contribution in [0.3, 0.4) is 0 Å². The number of amides is 1. The van der Waals surface area contributed by atoms with Crippen LogP contribution in [0.5, 0.6) is 0 Å². The first-order valence-electron chi connectivity index (χ1n) is 4.20. The summed E-state index contributed by atoms with van der Waals surface area (Å²) in [6.45, 7) is 3.09. The maximum Gasteiger partial charge on any atom is 0.240 e. The first-order chi connectivity index (χ1) is 8.37. The summed E-state index contributed by atoms with van der Waals surface area (Å²) < 4.78 is 0. The molecule has 98 valence electrons. The molecule has 0 atom stereocenters. The van der Waals surface area contributed by atoms with Gasteiger partial charge in [-0.2, -0.15) is 15.0 Å². The molecule has 0 aliphatic rings. The Labute approximate surface area is 102 Å². The van der Waals surface area contributed by atoms with Crippen LogP contribution in [0.4, 0.5) is 17.8 Å². The third-order valence-electron chi connectivity index (χ3n) is 0.944. The second-order valence-corrected chi connectivity index (χ2v) is 2.29. The van der Waals surface area contributed by atoms with E-state index < -0.39 is 5.91 Å². The number of nitrogens with two attached hydrogens (primary N) is 4. The highest BCUT2D eigenvalue weighted by Crippen LogP contribution is 1.97. The maximum absolute atomic E-state index is 9.47. The van der Waals surface area contributed by atoms with Crippen LogP contribution >= 0.6 is 0 Å². The van der Waals surface area contributed by atoms with Crippen molar-refractivity contribution in [2.24, 2.45) is 5.73 Å². The fraction of sp³-hybridized carbons (Fsp3) is 0. The number of nitrogens with zero attached hydrogens (tertiary/aromatic N) is 3. The fourth-order valence-electron chi connectivity index (χ4n) is 0.427. The quantitative estimate of drug-likeness (QED) is 0.254. The van der Waals surface area contributed by atoms with Crippen molar-refractivity contribution in [1.82, 2.24) is 15.0 Å². The summed E-state index contributed by atoms with van der Waals surface area (Å²) >= 11 is 0. The number of hydrogen-bond acceptors (Lipinski definition) is 9. The van der Waals surface area contributed by atoms with Crippen molar-refractivity contribution in [2.75, 3.05) is 17.2 Å². The molecular weight excluding hydrogens is 242 g/mol. The standard InChI is InChI=1S/C3H6N6.C3H5NO.C2H2O2/c4-1-7-2(5)9-3(6)8-1;1-2-3(4)5;3-1-2-4/h(H6,4,5,6,7,8,9);2H,1H2,(H2,4,5);1-2H. The molecule has 0 saturated heterocycles. The van der Waals surface area contributed by atoms with Crippen molar-refractivity contribution in [3.05, 3.63) is 12.7 Å². The topological polar surface area (TPSA) is 194 Å². The number of hydrogen-bond donors (Lipinski definition) is 4. The Morgan fingerprint density at radius 2 is 1.17 bits per heavy atom. The van der Waals surface area contributed by atoms with E-state index in [1.807, 2.05) is 0 Å². The first kappa shape index (κ1) is 17.4. The molecule has 0 aliphatic carbocycles. The zero-order valence-corrected chi connectivity index (χ0v) is 9.31. The summed E-state index contributed by atoms with van der Waals surface area (Å²) in [6.07, 6.45) is 1.44. The Bertz CT molecular complexity index is 365. The molecule has 0 aliphatic heterocycles. The van der Waals surface area contributed by atoms with Crippen molar-refractivity contribution < 1.29 is 14.4 Å². The highest BCUT2D eigenvalue weighted by molar-refractivity contribution is 6.09. The molecule has 1 heterocycles. The molecule has 0 aromatic carbocycles. The number of primary amides is 1. The number of anilines is 3. The molecule has 0 radical (unpaired) electrons. The van der Waals surface area contributed by atoms with Crippen molar-refractivity contribution in [1.29, 1.82) is 0 Å². The molecule has 0 unspecified atom stereocenters. The number of nitrogen functional groups attached to an aromatic ring is 3. The van der Waals surface area contributed by atoms with E-state index >= 15 is 0 Å². The predicted molar refractivity (Wildman–Crippen MR) is 64.6 cm³/mol. The monoisotopic (exact) mass is 255 g/mol. The third kappa shape index (κ3) is 13.0. The largest absolute Gasteiger partial charge is 0.368 e. The molecular formula is C8H13N7O3. The van der Waals surface area contributed by atoms with Gasteiger partial charge in [-0.25, -0.2) is 0 Å². The lowest BCUT2D eigenvalue weighted by Gasteiger charge is -1.93. The van der Waals surface area contributed by atoms with Crippen LogP contribution in [0.15, 0.2) is 12.7 Å². The Hall–Kier alpha value is -3.04. The van der Waals surface area contributed by atoms with Gasteiger partial charge in [-0.15, -0.1) is 0 Å². The SMILES string of the molecule is C=CC(N)=O.Nc1nc(N)nc(N)n1.O=CC=O. The van der Waals surface area contributed by atoms with Crippen LogP contribution in [0.1, 0.15) is 0 Å². The van der Waals surface area contributed by atoms with Crippen molar-refractivity contribution in [3.8, 4) is 0 Å². The zero-order chi connectivity index (χ0) is 14.6. The molecule has 18 heavy (non-hydrogen) atoms. The van der Waals surface area contributed by atoms with Gasteiger partial charge in [0.15, 0.2) is 12.6 Å². The lowest BCUT2D eigenvalue weighted by Crippen LogP contribution is -2.05. The fourth-order valence-corrected chi connectivity index (χ4v) is 0.427. The summed E-state index contributed by atoms with van der Waals surface area (Å²) in [5, 5.41) is 0. The first-order valence-corrected chi connectivity index (χ1v) is 4.20. The summed E-state index contributed by atoms with van der Waals surface area (Å²) in [6, 6.07) is 0. The van der Waals surface area contributed by atoms with Gasteiger partial charge in [0.1, 0.15) is 0 Å². The average molecular weight is 255 g/mol. The lowest BCUT2D eigenvalue weighted by atomic mass is 10.6. The molecule has 0 fully saturated rings. The van der Waals surface area contributed by atoms with E-state index in [4.69, 9.17) is 26.8 Å². The number of aromatic nitrogens is 3. The zero-order valence-electron chi connectivity index (χ0n) is 9.31. The van der Waals surface area contributed by atoms with E-state index in [0.717, 1.165) is 6.08 Å². The minimum Gasteiger partial charge on any atom is -0.368 e. The van der Waals surface area contributed by atoms with E-state index in [2.05, 4.69) is 27.3 Å². The van der Waals surface area contributed by atoms with Crippen LogP contribution in [-0.2, 0) is 14.4 Å². The van der Waals surface area contributed by atoms with Crippen molar-refractivity contribution in [3.63, 3.8) is 0 Å². The molecule has 1 aromatic heterocycles. The Morgan fingerprint density at radius 1 is 0.944 bits per heavy atom.